The van der Waals surface area contributed by atoms with Gasteiger partial charge in [-0.1, -0.05) is 6.92 Å². The molecule has 0 aromatic rings. The Bertz CT molecular complexity index is 157. The van der Waals surface area contributed by atoms with Gasteiger partial charge < -0.3 is 4.79 Å². The predicted octanol–water partition coefficient (Wildman–Crippen LogP) is 1.76. The van der Waals surface area contributed by atoms with E-state index in [4.69, 9.17) is 5.26 Å². The first-order valence-electron chi connectivity index (χ1n) is 3.47. The summed E-state index contributed by atoms with van der Waals surface area (Å²) >= 11 is 0. The summed E-state index contributed by atoms with van der Waals surface area (Å²) in [5.41, 5.74) is 0. The maximum Gasteiger partial charge on any atom is 0.130 e. The molecule has 0 rings (SSSR count). The Morgan fingerprint density at radius 3 is 2.40 bits per heavy atom. The SMILES string of the molecule is CC(=O)CC(C)C(C)C#N. The second kappa shape index (κ2) is 4.05. The maximum atomic E-state index is 10.6. The fraction of sp³-hybridized carbons (Fsp3) is 0.750. The zero-order valence-electron chi connectivity index (χ0n) is 6.72. The van der Waals surface area contributed by atoms with Crippen molar-refractivity contribution in [1.29, 1.82) is 5.26 Å². The molecular formula is C8H13NO. The van der Waals surface area contributed by atoms with Crippen LogP contribution in [0.2, 0.25) is 0 Å². The second-order valence-electron chi connectivity index (χ2n) is 2.80. The fourth-order valence-corrected chi connectivity index (χ4v) is 0.757. The van der Waals surface area contributed by atoms with Gasteiger partial charge in [0.25, 0.3) is 0 Å². The number of ketones is 1. The standard InChI is InChI=1S/C8H13NO/c1-6(4-8(3)10)7(2)5-9/h6-7H,4H2,1-3H3. The molecule has 0 aliphatic heterocycles. The number of carbonyl (C=O) groups excluding carboxylic acids is 1. The summed E-state index contributed by atoms with van der Waals surface area (Å²) in [7, 11) is 0. The Morgan fingerprint density at radius 2 is 2.10 bits per heavy atom. The molecule has 0 aromatic heterocycles. The van der Waals surface area contributed by atoms with E-state index in [-0.39, 0.29) is 17.6 Å². The first-order chi connectivity index (χ1) is 4.57. The fourth-order valence-electron chi connectivity index (χ4n) is 0.757. The number of hydrogen-bond donors (Lipinski definition) is 0. The van der Waals surface area contributed by atoms with Crippen LogP contribution in [0.4, 0.5) is 0 Å². The largest absolute Gasteiger partial charge is 0.300 e. The van der Waals surface area contributed by atoms with E-state index >= 15 is 0 Å². The molecule has 2 nitrogen and oxygen atoms in total. The molecule has 0 aliphatic rings. The summed E-state index contributed by atoms with van der Waals surface area (Å²) in [4.78, 5) is 10.6. The van der Waals surface area contributed by atoms with Crippen LogP contribution in [0.3, 0.4) is 0 Å². The van der Waals surface area contributed by atoms with Gasteiger partial charge in [-0.3, -0.25) is 0 Å². The number of Topliss-reactive ketones (excluding diaryl/α,β-unsaturated/α-hetero) is 1. The Labute approximate surface area is 61.8 Å². The zero-order valence-corrected chi connectivity index (χ0v) is 6.72. The molecule has 0 heterocycles. The van der Waals surface area contributed by atoms with Gasteiger partial charge in [0.1, 0.15) is 5.78 Å². The summed E-state index contributed by atoms with van der Waals surface area (Å²) in [6, 6.07) is 2.12. The molecule has 0 saturated heterocycles. The summed E-state index contributed by atoms with van der Waals surface area (Å²) in [5.74, 6) is 0.348. The first kappa shape index (κ1) is 9.16. The van der Waals surface area contributed by atoms with Crippen LogP contribution in [0.5, 0.6) is 0 Å². The van der Waals surface area contributed by atoms with Crippen molar-refractivity contribution in [2.24, 2.45) is 11.8 Å². The molecule has 0 bridgehead atoms. The van der Waals surface area contributed by atoms with Gasteiger partial charge in [0.15, 0.2) is 0 Å². The minimum absolute atomic E-state index is 0.0103. The lowest BCUT2D eigenvalue weighted by atomic mass is 9.93. The number of hydrogen-bond acceptors (Lipinski definition) is 2. The highest BCUT2D eigenvalue weighted by Gasteiger charge is 2.12. The quantitative estimate of drug-likeness (QED) is 0.597. The lowest BCUT2D eigenvalue weighted by molar-refractivity contribution is -0.117. The van der Waals surface area contributed by atoms with E-state index in [0.29, 0.717) is 6.42 Å². The molecule has 0 aromatic carbocycles. The Kier molecular flexibility index (Phi) is 3.71. The monoisotopic (exact) mass is 139 g/mol. The summed E-state index contributed by atoms with van der Waals surface area (Å²) in [6.07, 6.45) is 0.523. The Hall–Kier alpha value is -0.840. The smallest absolute Gasteiger partial charge is 0.130 e. The van der Waals surface area contributed by atoms with Crippen molar-refractivity contribution >= 4 is 5.78 Å². The molecule has 56 valence electrons. The Morgan fingerprint density at radius 1 is 1.60 bits per heavy atom. The van der Waals surface area contributed by atoms with Crippen LogP contribution in [0.15, 0.2) is 0 Å². The molecule has 0 spiro atoms. The average Bonchev–Trinajstić information content (AvgIpc) is 1.85. The van der Waals surface area contributed by atoms with Crippen LogP contribution in [-0.4, -0.2) is 5.78 Å². The van der Waals surface area contributed by atoms with Crippen molar-refractivity contribution in [1.82, 2.24) is 0 Å². The molecule has 10 heavy (non-hydrogen) atoms. The molecular weight excluding hydrogens is 126 g/mol. The molecule has 2 unspecified atom stereocenters. The predicted molar refractivity (Wildman–Crippen MR) is 39.2 cm³/mol. The van der Waals surface area contributed by atoms with Gasteiger partial charge in [0.2, 0.25) is 0 Å². The third kappa shape index (κ3) is 3.24. The first-order valence-corrected chi connectivity index (χ1v) is 3.47. The van der Waals surface area contributed by atoms with Crippen LogP contribution in [0.25, 0.3) is 0 Å². The van der Waals surface area contributed by atoms with E-state index in [0.717, 1.165) is 0 Å². The van der Waals surface area contributed by atoms with Gasteiger partial charge in [0, 0.05) is 12.3 Å². The highest BCUT2D eigenvalue weighted by Crippen LogP contribution is 2.13. The number of rotatable bonds is 3. The topological polar surface area (TPSA) is 40.9 Å². The lowest BCUT2D eigenvalue weighted by Gasteiger charge is -2.09. The minimum Gasteiger partial charge on any atom is -0.300 e. The van der Waals surface area contributed by atoms with E-state index in [9.17, 15) is 4.79 Å². The van der Waals surface area contributed by atoms with Crippen LogP contribution in [0, 0.1) is 23.2 Å². The maximum absolute atomic E-state index is 10.6. The minimum atomic E-state index is -0.0103. The normalized spacial score (nSPS) is 15.4. The molecule has 0 aliphatic carbocycles. The van der Waals surface area contributed by atoms with Crippen molar-refractivity contribution in [2.45, 2.75) is 27.2 Å². The van der Waals surface area contributed by atoms with Gasteiger partial charge in [0.05, 0.1) is 6.07 Å². The average molecular weight is 139 g/mol. The number of carbonyl (C=O) groups is 1. The van der Waals surface area contributed by atoms with Gasteiger partial charge in [-0.25, -0.2) is 0 Å². The Balaban J connectivity index is 3.75. The molecule has 0 fully saturated rings. The van der Waals surface area contributed by atoms with E-state index in [2.05, 4.69) is 6.07 Å². The van der Waals surface area contributed by atoms with Crippen LogP contribution < -0.4 is 0 Å². The number of nitriles is 1. The van der Waals surface area contributed by atoms with Gasteiger partial charge >= 0.3 is 0 Å². The van der Waals surface area contributed by atoms with Crippen molar-refractivity contribution in [3.8, 4) is 6.07 Å². The van der Waals surface area contributed by atoms with Crippen molar-refractivity contribution < 1.29 is 4.79 Å². The lowest BCUT2D eigenvalue weighted by Crippen LogP contribution is -2.09. The third-order valence-corrected chi connectivity index (χ3v) is 1.67. The van der Waals surface area contributed by atoms with Crippen LogP contribution in [0.1, 0.15) is 27.2 Å². The van der Waals surface area contributed by atoms with E-state index in [1.165, 1.54) is 0 Å². The van der Waals surface area contributed by atoms with Crippen LogP contribution in [-0.2, 0) is 4.79 Å². The van der Waals surface area contributed by atoms with E-state index < -0.39 is 0 Å². The summed E-state index contributed by atoms with van der Waals surface area (Å²) in [5, 5.41) is 8.46. The van der Waals surface area contributed by atoms with Crippen molar-refractivity contribution in [3.63, 3.8) is 0 Å². The van der Waals surface area contributed by atoms with Crippen molar-refractivity contribution in [2.75, 3.05) is 0 Å². The molecule has 0 radical (unpaired) electrons. The highest BCUT2D eigenvalue weighted by atomic mass is 16.1. The van der Waals surface area contributed by atoms with E-state index in [1.54, 1.807) is 6.92 Å². The summed E-state index contributed by atoms with van der Waals surface area (Å²) in [6.45, 7) is 5.32. The van der Waals surface area contributed by atoms with E-state index in [1.807, 2.05) is 13.8 Å². The molecule has 2 heteroatoms. The van der Waals surface area contributed by atoms with Gasteiger partial charge in [-0.15, -0.1) is 0 Å². The second-order valence-corrected chi connectivity index (χ2v) is 2.80. The van der Waals surface area contributed by atoms with Gasteiger partial charge in [-0.2, -0.15) is 5.26 Å². The number of nitrogens with zero attached hydrogens (tertiary/aromatic N) is 1. The summed E-state index contributed by atoms with van der Waals surface area (Å²) < 4.78 is 0. The highest BCUT2D eigenvalue weighted by molar-refractivity contribution is 5.75. The van der Waals surface area contributed by atoms with Gasteiger partial charge in [-0.05, 0) is 19.8 Å². The third-order valence-electron chi connectivity index (χ3n) is 1.67. The molecule has 0 amide bonds. The van der Waals surface area contributed by atoms with Crippen molar-refractivity contribution in [3.05, 3.63) is 0 Å². The van der Waals surface area contributed by atoms with Crippen LogP contribution >= 0.6 is 0 Å². The molecule has 0 saturated carbocycles. The molecule has 0 N–H and O–H groups in total. The zero-order chi connectivity index (χ0) is 8.15. The molecule has 2 atom stereocenters.